The molecule has 11 nitrogen and oxygen atoms in total. The molecule has 0 radical (unpaired) electrons. The maximum atomic E-state index is 10.4. The molecule has 0 amide bonds. The minimum atomic E-state index is 0.00116. The van der Waals surface area contributed by atoms with E-state index in [1.54, 1.807) is 19.2 Å². The normalized spacial score (nSPS) is 17.8. The van der Waals surface area contributed by atoms with Crippen molar-refractivity contribution in [3.63, 3.8) is 0 Å². The van der Waals surface area contributed by atoms with Crippen molar-refractivity contribution < 1.29 is 19.3 Å². The van der Waals surface area contributed by atoms with E-state index in [-0.39, 0.29) is 17.3 Å². The minimum Gasteiger partial charge on any atom is -0.507 e. The third kappa shape index (κ3) is 4.21. The Labute approximate surface area is 174 Å². The van der Waals surface area contributed by atoms with Gasteiger partial charge in [0.2, 0.25) is 11.9 Å². The van der Waals surface area contributed by atoms with Crippen molar-refractivity contribution in [1.29, 1.82) is 0 Å². The van der Waals surface area contributed by atoms with Crippen LogP contribution in [0.1, 0.15) is 11.4 Å². The molecule has 3 N–H and O–H groups in total. The molecule has 160 valence electrons. The summed E-state index contributed by atoms with van der Waals surface area (Å²) in [5.74, 6) is 7.60. The molecular weight excluding hydrogens is 390 g/mol. The molecule has 4 rings (SSSR count). The van der Waals surface area contributed by atoms with Gasteiger partial charge in [-0.1, -0.05) is 0 Å². The molecule has 1 aromatic heterocycles. The highest BCUT2D eigenvalue weighted by Crippen LogP contribution is 2.26. The molecule has 30 heavy (non-hydrogen) atoms. The van der Waals surface area contributed by atoms with Crippen LogP contribution in [0.4, 0.5) is 11.9 Å². The van der Waals surface area contributed by atoms with Crippen LogP contribution in [-0.4, -0.2) is 85.5 Å². The Morgan fingerprint density at radius 2 is 1.57 bits per heavy atom. The molecule has 1 aromatic carbocycles. The van der Waals surface area contributed by atoms with Gasteiger partial charge in [0, 0.05) is 26.2 Å². The van der Waals surface area contributed by atoms with Crippen LogP contribution in [0.15, 0.2) is 23.3 Å². The lowest BCUT2D eigenvalue weighted by Crippen LogP contribution is -2.40. The van der Waals surface area contributed by atoms with Gasteiger partial charge in [-0.05, 0) is 18.2 Å². The predicted octanol–water partition coefficient (Wildman–Crippen LogP) is -0.0299. The van der Waals surface area contributed by atoms with Crippen molar-refractivity contribution >= 4 is 17.6 Å². The number of hydrogen-bond donors (Lipinski definition) is 2. The van der Waals surface area contributed by atoms with E-state index in [0.717, 1.165) is 0 Å². The molecule has 2 saturated heterocycles. The van der Waals surface area contributed by atoms with Crippen molar-refractivity contribution in [2.24, 2.45) is 10.9 Å². The van der Waals surface area contributed by atoms with Crippen molar-refractivity contribution in [3.8, 4) is 11.5 Å². The third-order valence-corrected chi connectivity index (χ3v) is 5.00. The number of nitrogens with zero attached hydrogens (tertiary/aromatic N) is 6. The fraction of sp³-hybridized carbons (Fsp3) is 0.474. The van der Waals surface area contributed by atoms with Crippen molar-refractivity contribution in [3.05, 3.63) is 29.6 Å². The Balaban J connectivity index is 1.78. The average Bonchev–Trinajstić information content (AvgIpc) is 2.82. The number of aromatic nitrogens is 3. The van der Waals surface area contributed by atoms with Gasteiger partial charge < -0.3 is 35.0 Å². The molecule has 2 aliphatic heterocycles. The second-order valence-corrected chi connectivity index (χ2v) is 6.82. The van der Waals surface area contributed by atoms with E-state index < -0.39 is 0 Å². The highest BCUT2D eigenvalue weighted by molar-refractivity contribution is 6.12. The van der Waals surface area contributed by atoms with Gasteiger partial charge in [-0.2, -0.15) is 20.1 Å². The van der Waals surface area contributed by atoms with Gasteiger partial charge in [0.05, 0.1) is 39.1 Å². The number of hydrogen-bond acceptors (Lipinski definition) is 11. The SMILES string of the molecule is COc1ccc(O)c(C(=NN)c2nc(N3CCOCC3)nc(N3CCOCC3)n2)c1. The second-order valence-electron chi connectivity index (χ2n) is 6.82. The Morgan fingerprint density at radius 1 is 1.00 bits per heavy atom. The number of anilines is 2. The summed E-state index contributed by atoms with van der Waals surface area (Å²) in [6.45, 7) is 5.09. The number of phenols is 1. The summed E-state index contributed by atoms with van der Waals surface area (Å²) in [6, 6.07) is 4.82. The van der Waals surface area contributed by atoms with Gasteiger partial charge in [0.25, 0.3) is 0 Å². The standard InChI is InChI=1S/C19H25N7O4/c1-28-13-2-3-15(27)14(12-13)16(24-20)17-21-18(25-4-8-29-9-5-25)23-19(22-17)26-6-10-30-11-7-26/h2-3,12,27H,4-11,20H2,1H3. The fourth-order valence-corrected chi connectivity index (χ4v) is 3.35. The highest BCUT2D eigenvalue weighted by Gasteiger charge is 2.24. The number of morpholine rings is 2. The number of phenolic OH excluding ortho intramolecular Hbond substituents is 1. The third-order valence-electron chi connectivity index (χ3n) is 5.00. The van der Waals surface area contributed by atoms with Crippen LogP contribution < -0.4 is 20.4 Å². The van der Waals surface area contributed by atoms with Gasteiger partial charge in [0.1, 0.15) is 17.2 Å². The average molecular weight is 415 g/mol. The molecule has 2 aliphatic rings. The summed E-state index contributed by atoms with van der Waals surface area (Å²) < 4.78 is 16.2. The smallest absolute Gasteiger partial charge is 0.230 e. The second kappa shape index (κ2) is 9.09. The summed E-state index contributed by atoms with van der Waals surface area (Å²) in [4.78, 5) is 18.0. The zero-order valence-electron chi connectivity index (χ0n) is 16.8. The summed E-state index contributed by atoms with van der Waals surface area (Å²) in [6.07, 6.45) is 0. The Morgan fingerprint density at radius 3 is 2.07 bits per heavy atom. The molecular formula is C19H25N7O4. The summed E-state index contributed by atoms with van der Waals surface area (Å²) in [7, 11) is 1.55. The number of nitrogens with two attached hydrogens (primary N) is 1. The molecule has 0 saturated carbocycles. The summed E-state index contributed by atoms with van der Waals surface area (Å²) in [5.41, 5.74) is 0.627. The Bertz CT molecular complexity index is 876. The lowest BCUT2D eigenvalue weighted by Gasteiger charge is -2.30. The summed E-state index contributed by atoms with van der Waals surface area (Å²) in [5, 5.41) is 14.3. The van der Waals surface area contributed by atoms with Crippen LogP contribution in [0.25, 0.3) is 0 Å². The summed E-state index contributed by atoms with van der Waals surface area (Å²) >= 11 is 0. The van der Waals surface area contributed by atoms with Crippen molar-refractivity contribution in [2.45, 2.75) is 0 Å². The first-order valence-corrected chi connectivity index (χ1v) is 9.76. The maximum Gasteiger partial charge on any atom is 0.230 e. The zero-order chi connectivity index (χ0) is 20.9. The predicted molar refractivity (Wildman–Crippen MR) is 110 cm³/mol. The number of ether oxygens (including phenoxy) is 3. The van der Waals surface area contributed by atoms with Crippen molar-refractivity contribution in [2.75, 3.05) is 69.5 Å². The Kier molecular flexibility index (Phi) is 6.10. The minimum absolute atomic E-state index is 0.00116. The number of aromatic hydroxyl groups is 1. The van der Waals surface area contributed by atoms with E-state index in [4.69, 9.17) is 20.1 Å². The molecule has 3 heterocycles. The van der Waals surface area contributed by atoms with Gasteiger partial charge in [0.15, 0.2) is 5.82 Å². The molecule has 0 spiro atoms. The lowest BCUT2D eigenvalue weighted by molar-refractivity contribution is 0.121. The van der Waals surface area contributed by atoms with Gasteiger partial charge in [-0.3, -0.25) is 0 Å². The molecule has 0 aliphatic carbocycles. The van der Waals surface area contributed by atoms with Crippen LogP contribution in [0.5, 0.6) is 11.5 Å². The van der Waals surface area contributed by atoms with Crippen LogP contribution >= 0.6 is 0 Å². The number of hydrazone groups is 1. The zero-order valence-corrected chi connectivity index (χ0v) is 16.8. The van der Waals surface area contributed by atoms with Crippen LogP contribution in [0.3, 0.4) is 0 Å². The molecule has 2 fully saturated rings. The van der Waals surface area contributed by atoms with Gasteiger partial charge in [-0.25, -0.2) is 0 Å². The topological polar surface area (TPSA) is 131 Å². The maximum absolute atomic E-state index is 10.4. The van der Waals surface area contributed by atoms with E-state index in [0.29, 0.717) is 75.8 Å². The first-order chi connectivity index (χ1) is 14.7. The molecule has 0 atom stereocenters. The molecule has 11 heteroatoms. The van der Waals surface area contributed by atoms with E-state index in [1.807, 2.05) is 9.80 Å². The number of benzene rings is 1. The first-order valence-electron chi connectivity index (χ1n) is 9.76. The molecule has 0 bridgehead atoms. The number of methoxy groups -OCH3 is 1. The largest absolute Gasteiger partial charge is 0.507 e. The number of rotatable bonds is 5. The molecule has 0 unspecified atom stereocenters. The van der Waals surface area contributed by atoms with E-state index >= 15 is 0 Å². The fourth-order valence-electron chi connectivity index (χ4n) is 3.35. The highest BCUT2D eigenvalue weighted by atomic mass is 16.5. The van der Waals surface area contributed by atoms with Crippen LogP contribution in [0, 0.1) is 0 Å². The van der Waals surface area contributed by atoms with E-state index in [1.165, 1.54) is 6.07 Å². The first kappa shape index (κ1) is 20.1. The Hall–Kier alpha value is -3.18. The molecule has 2 aromatic rings. The van der Waals surface area contributed by atoms with Crippen LogP contribution in [0.2, 0.25) is 0 Å². The monoisotopic (exact) mass is 415 g/mol. The van der Waals surface area contributed by atoms with Gasteiger partial charge in [-0.15, -0.1) is 0 Å². The van der Waals surface area contributed by atoms with E-state index in [2.05, 4.69) is 20.1 Å². The lowest BCUT2D eigenvalue weighted by atomic mass is 10.1. The van der Waals surface area contributed by atoms with E-state index in [9.17, 15) is 5.11 Å². The quantitative estimate of drug-likeness (QED) is 0.390. The van der Waals surface area contributed by atoms with Crippen molar-refractivity contribution in [1.82, 2.24) is 15.0 Å². The van der Waals surface area contributed by atoms with Crippen LogP contribution in [-0.2, 0) is 9.47 Å². The van der Waals surface area contributed by atoms with Gasteiger partial charge >= 0.3 is 0 Å².